The first-order valence-corrected chi connectivity index (χ1v) is 9.79. The molecule has 27 heavy (non-hydrogen) atoms. The monoisotopic (exact) mass is 387 g/mol. The van der Waals surface area contributed by atoms with E-state index in [1.54, 1.807) is 37.7 Å². The number of allylic oxidation sites excluding steroid dienone is 1. The number of methoxy groups -OCH3 is 2. The van der Waals surface area contributed by atoms with Gasteiger partial charge in [0.05, 0.1) is 19.9 Å². The Labute approximate surface area is 163 Å². The molecule has 0 fully saturated rings. The highest BCUT2D eigenvalue weighted by Gasteiger charge is 2.21. The number of hydrogen-bond donors (Lipinski definition) is 1. The number of thiazole rings is 1. The molecular formula is C20H25N3O3S. The minimum Gasteiger partial charge on any atom is -0.493 e. The van der Waals surface area contributed by atoms with Gasteiger partial charge < -0.3 is 9.47 Å². The maximum atomic E-state index is 12.8. The average Bonchev–Trinajstić information content (AvgIpc) is 3.08. The molecule has 2 heterocycles. The van der Waals surface area contributed by atoms with Gasteiger partial charge in [0.25, 0.3) is 5.91 Å². The number of rotatable bonds is 7. The molecule has 2 aromatic rings. The van der Waals surface area contributed by atoms with Gasteiger partial charge in [-0.2, -0.15) is 0 Å². The zero-order valence-electron chi connectivity index (χ0n) is 16.0. The number of fused-ring (bicyclic) bond motifs is 1. The van der Waals surface area contributed by atoms with E-state index in [2.05, 4.69) is 28.7 Å². The van der Waals surface area contributed by atoms with E-state index in [1.165, 1.54) is 4.88 Å². The van der Waals surface area contributed by atoms with Gasteiger partial charge in [0.1, 0.15) is 0 Å². The van der Waals surface area contributed by atoms with Crippen molar-refractivity contribution < 1.29 is 14.3 Å². The molecule has 1 amide bonds. The number of nitrogens with one attached hydrogen (secondary N) is 1. The number of carbonyl (C=O) groups is 1. The standard InChI is InChI=1S/C20H25N3O3S/c1-5-7-13-10-14(11-16(25-3)18(13)26-4)19(24)22-20-21-15-8-9-23(6-2)12-17(15)27-20/h5,10-11H,1,6-9,12H2,2-4H3,(H,21,22,24). The molecule has 1 aromatic heterocycles. The van der Waals surface area contributed by atoms with Crippen LogP contribution in [0, 0.1) is 0 Å². The summed E-state index contributed by atoms with van der Waals surface area (Å²) in [7, 11) is 3.15. The van der Waals surface area contributed by atoms with Crippen LogP contribution in [-0.2, 0) is 19.4 Å². The summed E-state index contributed by atoms with van der Waals surface area (Å²) in [5.41, 5.74) is 2.46. The summed E-state index contributed by atoms with van der Waals surface area (Å²) in [6, 6.07) is 3.50. The molecule has 0 spiro atoms. The van der Waals surface area contributed by atoms with Crippen molar-refractivity contribution in [3.63, 3.8) is 0 Å². The van der Waals surface area contributed by atoms with E-state index in [4.69, 9.17) is 9.47 Å². The predicted molar refractivity (Wildman–Crippen MR) is 108 cm³/mol. The molecule has 7 heteroatoms. The van der Waals surface area contributed by atoms with Gasteiger partial charge in [0.2, 0.25) is 0 Å². The molecule has 0 atom stereocenters. The lowest BCUT2D eigenvalue weighted by atomic mass is 10.1. The number of ether oxygens (including phenoxy) is 2. The van der Waals surface area contributed by atoms with Gasteiger partial charge in [-0.15, -0.1) is 17.9 Å². The SMILES string of the molecule is C=CCc1cc(C(=O)Nc2nc3c(s2)CN(CC)CC3)cc(OC)c1OC. The van der Waals surface area contributed by atoms with Gasteiger partial charge >= 0.3 is 0 Å². The van der Waals surface area contributed by atoms with Crippen LogP contribution in [-0.4, -0.2) is 43.1 Å². The van der Waals surface area contributed by atoms with Crippen molar-refractivity contribution in [2.75, 3.05) is 32.6 Å². The Kier molecular flexibility index (Phi) is 6.13. The van der Waals surface area contributed by atoms with Gasteiger partial charge in [0.15, 0.2) is 16.6 Å². The number of aromatic nitrogens is 1. The summed E-state index contributed by atoms with van der Waals surface area (Å²) in [5.74, 6) is 0.942. The first-order valence-electron chi connectivity index (χ1n) is 8.97. The van der Waals surface area contributed by atoms with Crippen molar-refractivity contribution in [3.8, 4) is 11.5 Å². The Morgan fingerprint density at radius 2 is 2.22 bits per heavy atom. The Bertz CT molecular complexity index is 847. The van der Waals surface area contributed by atoms with Crippen LogP contribution in [0.25, 0.3) is 0 Å². The average molecular weight is 388 g/mol. The summed E-state index contributed by atoms with van der Waals surface area (Å²) in [6.07, 6.45) is 3.28. The van der Waals surface area contributed by atoms with Crippen molar-refractivity contribution in [2.45, 2.75) is 26.3 Å². The first-order chi connectivity index (χ1) is 13.1. The van der Waals surface area contributed by atoms with Crippen LogP contribution in [0.5, 0.6) is 11.5 Å². The van der Waals surface area contributed by atoms with Crippen LogP contribution in [0.4, 0.5) is 5.13 Å². The molecule has 1 aliphatic rings. The van der Waals surface area contributed by atoms with Crippen LogP contribution < -0.4 is 14.8 Å². The Morgan fingerprint density at radius 1 is 1.41 bits per heavy atom. The Hall–Kier alpha value is -2.38. The van der Waals surface area contributed by atoms with Crippen LogP contribution in [0.2, 0.25) is 0 Å². The number of hydrogen-bond acceptors (Lipinski definition) is 6. The smallest absolute Gasteiger partial charge is 0.257 e. The molecule has 1 aliphatic heterocycles. The third-order valence-corrected chi connectivity index (χ3v) is 5.66. The predicted octanol–water partition coefficient (Wildman–Crippen LogP) is 3.52. The second-order valence-corrected chi connectivity index (χ2v) is 7.41. The molecule has 1 N–H and O–H groups in total. The third kappa shape index (κ3) is 4.14. The topological polar surface area (TPSA) is 63.7 Å². The van der Waals surface area contributed by atoms with Crippen LogP contribution >= 0.6 is 11.3 Å². The van der Waals surface area contributed by atoms with E-state index in [9.17, 15) is 4.79 Å². The summed E-state index contributed by atoms with van der Waals surface area (Å²) in [5, 5.41) is 3.58. The second kappa shape index (κ2) is 8.54. The molecule has 0 saturated carbocycles. The van der Waals surface area contributed by atoms with Gasteiger partial charge in [0, 0.05) is 35.5 Å². The van der Waals surface area contributed by atoms with Crippen molar-refractivity contribution >= 4 is 22.4 Å². The Balaban J connectivity index is 1.83. The fourth-order valence-corrected chi connectivity index (χ4v) is 4.27. The summed E-state index contributed by atoms with van der Waals surface area (Å²) in [6.45, 7) is 8.87. The zero-order valence-corrected chi connectivity index (χ0v) is 16.8. The van der Waals surface area contributed by atoms with E-state index in [0.29, 0.717) is 28.6 Å². The number of benzene rings is 1. The lowest BCUT2D eigenvalue weighted by Crippen LogP contribution is -2.29. The fourth-order valence-electron chi connectivity index (χ4n) is 3.22. The lowest BCUT2D eigenvalue weighted by molar-refractivity contribution is 0.102. The van der Waals surface area contributed by atoms with Gasteiger partial charge in [-0.3, -0.25) is 15.0 Å². The highest BCUT2D eigenvalue weighted by atomic mass is 32.1. The molecule has 0 aliphatic carbocycles. The van der Waals surface area contributed by atoms with Gasteiger partial charge in [-0.05, 0) is 25.1 Å². The molecule has 0 bridgehead atoms. The van der Waals surface area contributed by atoms with Crippen molar-refractivity contribution in [2.24, 2.45) is 0 Å². The highest BCUT2D eigenvalue weighted by Crippen LogP contribution is 2.34. The molecule has 0 unspecified atom stereocenters. The van der Waals surface area contributed by atoms with Gasteiger partial charge in [-0.1, -0.05) is 13.0 Å². The summed E-state index contributed by atoms with van der Waals surface area (Å²) in [4.78, 5) is 21.0. The minimum absolute atomic E-state index is 0.209. The fraction of sp³-hybridized carbons (Fsp3) is 0.400. The minimum atomic E-state index is -0.209. The molecule has 3 rings (SSSR count). The molecular weight excluding hydrogens is 362 g/mol. The largest absolute Gasteiger partial charge is 0.493 e. The molecule has 0 saturated heterocycles. The van der Waals surface area contributed by atoms with E-state index < -0.39 is 0 Å². The molecule has 6 nitrogen and oxygen atoms in total. The maximum absolute atomic E-state index is 12.8. The van der Waals surface area contributed by atoms with E-state index >= 15 is 0 Å². The zero-order chi connectivity index (χ0) is 19.4. The van der Waals surface area contributed by atoms with E-state index in [1.807, 2.05) is 6.07 Å². The van der Waals surface area contributed by atoms with Crippen molar-refractivity contribution in [3.05, 3.63) is 46.5 Å². The van der Waals surface area contributed by atoms with Crippen LogP contribution in [0.3, 0.4) is 0 Å². The maximum Gasteiger partial charge on any atom is 0.257 e. The first kappa shape index (κ1) is 19.4. The third-order valence-electron chi connectivity index (χ3n) is 4.66. The summed E-state index contributed by atoms with van der Waals surface area (Å²) >= 11 is 1.55. The van der Waals surface area contributed by atoms with E-state index in [0.717, 1.165) is 37.3 Å². The normalized spacial score (nSPS) is 13.7. The molecule has 0 radical (unpaired) electrons. The van der Waals surface area contributed by atoms with Crippen molar-refractivity contribution in [1.29, 1.82) is 0 Å². The lowest BCUT2D eigenvalue weighted by Gasteiger charge is -2.23. The number of nitrogens with zero attached hydrogens (tertiary/aromatic N) is 2. The van der Waals surface area contributed by atoms with Crippen LogP contribution in [0.1, 0.15) is 33.4 Å². The van der Waals surface area contributed by atoms with E-state index in [-0.39, 0.29) is 5.91 Å². The quantitative estimate of drug-likeness (QED) is 0.737. The van der Waals surface area contributed by atoms with Gasteiger partial charge in [-0.25, -0.2) is 4.98 Å². The number of anilines is 1. The molecule has 1 aromatic carbocycles. The second-order valence-electron chi connectivity index (χ2n) is 6.33. The number of likely N-dealkylation sites (N-methyl/N-ethyl adjacent to an activating group) is 1. The number of carbonyl (C=O) groups excluding carboxylic acids is 1. The number of amides is 1. The van der Waals surface area contributed by atoms with Crippen LogP contribution in [0.15, 0.2) is 24.8 Å². The van der Waals surface area contributed by atoms with Crippen molar-refractivity contribution in [1.82, 2.24) is 9.88 Å². The Morgan fingerprint density at radius 3 is 2.89 bits per heavy atom. The highest BCUT2D eigenvalue weighted by molar-refractivity contribution is 7.15. The molecule has 144 valence electrons. The summed E-state index contributed by atoms with van der Waals surface area (Å²) < 4.78 is 10.8.